The molecule has 0 unspecified atom stereocenters. The van der Waals surface area contributed by atoms with Gasteiger partial charge in [0.25, 0.3) is 0 Å². The third kappa shape index (κ3) is 3.16. The highest BCUT2D eigenvalue weighted by Crippen LogP contribution is 2.19. The number of hydrogen-bond donors (Lipinski definition) is 0. The van der Waals surface area contributed by atoms with Gasteiger partial charge in [0.2, 0.25) is 0 Å². The van der Waals surface area contributed by atoms with Gasteiger partial charge >= 0.3 is 5.69 Å². The Labute approximate surface area is 157 Å². The summed E-state index contributed by atoms with van der Waals surface area (Å²) in [5.41, 5.74) is 3.44. The van der Waals surface area contributed by atoms with Crippen molar-refractivity contribution in [3.63, 3.8) is 0 Å². The molecule has 2 aromatic heterocycles. The SMILES string of the molecule is C=Cc1ccc(Cn2c(=O)n3nc(CC(C)C)nc3c3ccccc32)cc1. The molecule has 27 heavy (non-hydrogen) atoms. The van der Waals surface area contributed by atoms with Crippen LogP contribution in [0.4, 0.5) is 0 Å². The minimum atomic E-state index is -0.168. The molecule has 5 nitrogen and oxygen atoms in total. The lowest BCUT2D eigenvalue weighted by atomic mass is 10.1. The van der Waals surface area contributed by atoms with E-state index in [1.54, 1.807) is 4.57 Å². The Balaban J connectivity index is 1.91. The molecular formula is C22H22N4O. The van der Waals surface area contributed by atoms with E-state index in [0.29, 0.717) is 23.9 Å². The summed E-state index contributed by atoms with van der Waals surface area (Å²) in [5.74, 6) is 1.14. The van der Waals surface area contributed by atoms with Crippen LogP contribution in [0.25, 0.3) is 22.6 Å². The van der Waals surface area contributed by atoms with Crippen molar-refractivity contribution in [2.75, 3.05) is 0 Å². The second-order valence-corrected chi connectivity index (χ2v) is 7.19. The molecule has 0 aliphatic rings. The second-order valence-electron chi connectivity index (χ2n) is 7.19. The molecule has 0 N–H and O–H groups in total. The highest BCUT2D eigenvalue weighted by Gasteiger charge is 2.15. The summed E-state index contributed by atoms with van der Waals surface area (Å²) < 4.78 is 3.21. The number of nitrogens with zero attached hydrogens (tertiary/aromatic N) is 4. The number of para-hydroxylation sites is 1. The molecule has 0 saturated carbocycles. The Morgan fingerprint density at radius 3 is 2.56 bits per heavy atom. The Bertz CT molecular complexity index is 1180. The van der Waals surface area contributed by atoms with Gasteiger partial charge in [0, 0.05) is 11.8 Å². The van der Waals surface area contributed by atoms with Crippen LogP contribution in [0.3, 0.4) is 0 Å². The third-order valence-electron chi connectivity index (χ3n) is 4.65. The zero-order valence-electron chi connectivity index (χ0n) is 15.6. The fourth-order valence-corrected chi connectivity index (χ4v) is 3.32. The molecular weight excluding hydrogens is 336 g/mol. The number of hydrogen-bond acceptors (Lipinski definition) is 3. The number of fused-ring (bicyclic) bond motifs is 3. The average molecular weight is 358 g/mol. The molecule has 0 amide bonds. The molecule has 0 radical (unpaired) electrons. The van der Waals surface area contributed by atoms with Crippen molar-refractivity contribution < 1.29 is 0 Å². The van der Waals surface area contributed by atoms with E-state index in [1.807, 2.05) is 54.6 Å². The van der Waals surface area contributed by atoms with Crippen LogP contribution in [0.1, 0.15) is 30.8 Å². The van der Waals surface area contributed by atoms with Crippen LogP contribution in [-0.2, 0) is 13.0 Å². The first-order chi connectivity index (χ1) is 13.1. The van der Waals surface area contributed by atoms with Gasteiger partial charge in [-0.25, -0.2) is 9.78 Å². The zero-order valence-corrected chi connectivity index (χ0v) is 15.6. The molecule has 0 fully saturated rings. The maximum atomic E-state index is 13.2. The molecule has 0 atom stereocenters. The van der Waals surface area contributed by atoms with Crippen molar-refractivity contribution in [2.24, 2.45) is 5.92 Å². The molecule has 0 bridgehead atoms. The first kappa shape index (κ1) is 17.2. The smallest absolute Gasteiger partial charge is 0.287 e. The minimum Gasteiger partial charge on any atom is -0.287 e. The first-order valence-electron chi connectivity index (χ1n) is 9.15. The van der Waals surface area contributed by atoms with E-state index in [1.165, 1.54) is 4.52 Å². The molecule has 4 rings (SSSR count). The van der Waals surface area contributed by atoms with E-state index in [9.17, 15) is 4.79 Å². The minimum absolute atomic E-state index is 0.168. The maximum absolute atomic E-state index is 13.2. The normalized spacial score (nSPS) is 11.5. The summed E-state index contributed by atoms with van der Waals surface area (Å²) in [6.45, 7) is 8.50. The van der Waals surface area contributed by atoms with E-state index in [4.69, 9.17) is 0 Å². The highest BCUT2D eigenvalue weighted by molar-refractivity contribution is 5.91. The number of rotatable bonds is 5. The summed E-state index contributed by atoms with van der Waals surface area (Å²) in [7, 11) is 0. The fraction of sp³-hybridized carbons (Fsp3) is 0.227. The Morgan fingerprint density at radius 1 is 1.11 bits per heavy atom. The van der Waals surface area contributed by atoms with Crippen molar-refractivity contribution in [2.45, 2.75) is 26.8 Å². The zero-order chi connectivity index (χ0) is 19.0. The molecule has 0 saturated heterocycles. The molecule has 0 aliphatic heterocycles. The van der Waals surface area contributed by atoms with Crippen molar-refractivity contribution >= 4 is 22.6 Å². The average Bonchev–Trinajstić information content (AvgIpc) is 3.09. The van der Waals surface area contributed by atoms with Gasteiger partial charge in [-0.05, 0) is 29.2 Å². The van der Waals surface area contributed by atoms with Crippen LogP contribution >= 0.6 is 0 Å². The van der Waals surface area contributed by atoms with Crippen molar-refractivity contribution in [3.05, 3.63) is 82.5 Å². The highest BCUT2D eigenvalue weighted by atomic mass is 16.2. The summed E-state index contributed by atoms with van der Waals surface area (Å²) in [6, 6.07) is 15.9. The second kappa shape index (κ2) is 6.83. The van der Waals surface area contributed by atoms with Crippen LogP contribution < -0.4 is 5.69 Å². The lowest BCUT2D eigenvalue weighted by Crippen LogP contribution is -2.28. The quantitative estimate of drug-likeness (QED) is 0.543. The predicted molar refractivity (Wildman–Crippen MR) is 109 cm³/mol. The molecule has 4 aromatic rings. The predicted octanol–water partition coefficient (Wildman–Crippen LogP) is 3.93. The Morgan fingerprint density at radius 2 is 1.85 bits per heavy atom. The van der Waals surface area contributed by atoms with E-state index in [0.717, 1.165) is 28.5 Å². The summed E-state index contributed by atoms with van der Waals surface area (Å²) in [6.07, 6.45) is 2.56. The van der Waals surface area contributed by atoms with Crippen molar-refractivity contribution in [1.82, 2.24) is 19.2 Å². The van der Waals surface area contributed by atoms with Crippen LogP contribution in [-0.4, -0.2) is 19.2 Å². The van der Waals surface area contributed by atoms with Crippen molar-refractivity contribution in [3.8, 4) is 0 Å². The van der Waals surface area contributed by atoms with Crippen LogP contribution in [0.15, 0.2) is 59.9 Å². The Hall–Kier alpha value is -3.21. The molecule has 136 valence electrons. The lowest BCUT2D eigenvalue weighted by molar-refractivity contribution is 0.615. The molecule has 2 heterocycles. The van der Waals surface area contributed by atoms with Gasteiger partial charge in [0.15, 0.2) is 11.5 Å². The molecule has 5 heteroatoms. The maximum Gasteiger partial charge on any atom is 0.351 e. The first-order valence-corrected chi connectivity index (χ1v) is 9.15. The topological polar surface area (TPSA) is 52.2 Å². The van der Waals surface area contributed by atoms with Crippen LogP contribution in [0.5, 0.6) is 0 Å². The summed E-state index contributed by atoms with van der Waals surface area (Å²) in [5, 5.41) is 5.42. The third-order valence-corrected chi connectivity index (χ3v) is 4.65. The Kier molecular flexibility index (Phi) is 4.36. The van der Waals surface area contributed by atoms with Gasteiger partial charge in [-0.1, -0.05) is 62.9 Å². The van der Waals surface area contributed by atoms with Crippen molar-refractivity contribution in [1.29, 1.82) is 0 Å². The molecule has 2 aromatic carbocycles. The van der Waals surface area contributed by atoms with E-state index < -0.39 is 0 Å². The monoisotopic (exact) mass is 358 g/mol. The van der Waals surface area contributed by atoms with Gasteiger partial charge in [0.1, 0.15) is 0 Å². The standard InChI is InChI=1S/C22H22N4O/c1-4-16-9-11-17(12-10-16)14-25-19-8-6-5-7-18(19)21-23-20(13-15(2)3)24-26(21)22(25)27/h4-12,15H,1,13-14H2,2-3H3. The van der Waals surface area contributed by atoms with Crippen LogP contribution in [0, 0.1) is 5.92 Å². The van der Waals surface area contributed by atoms with Gasteiger partial charge in [-0.15, -0.1) is 5.10 Å². The van der Waals surface area contributed by atoms with E-state index >= 15 is 0 Å². The number of aromatic nitrogens is 4. The van der Waals surface area contributed by atoms with E-state index in [2.05, 4.69) is 30.5 Å². The fourth-order valence-electron chi connectivity index (χ4n) is 3.32. The van der Waals surface area contributed by atoms with Gasteiger partial charge in [-0.2, -0.15) is 4.52 Å². The van der Waals surface area contributed by atoms with Crippen LogP contribution in [0.2, 0.25) is 0 Å². The van der Waals surface area contributed by atoms with E-state index in [-0.39, 0.29) is 5.69 Å². The largest absolute Gasteiger partial charge is 0.351 e. The molecule has 0 aliphatic carbocycles. The van der Waals surface area contributed by atoms with Gasteiger partial charge in [0.05, 0.1) is 12.1 Å². The lowest BCUT2D eigenvalue weighted by Gasteiger charge is -2.11. The van der Waals surface area contributed by atoms with Gasteiger partial charge in [-0.3, -0.25) is 4.57 Å². The number of benzene rings is 2. The van der Waals surface area contributed by atoms with Gasteiger partial charge < -0.3 is 0 Å². The summed E-state index contributed by atoms with van der Waals surface area (Å²) in [4.78, 5) is 17.8. The molecule has 0 spiro atoms. The summed E-state index contributed by atoms with van der Waals surface area (Å²) >= 11 is 0.